The first-order chi connectivity index (χ1) is 5.56. The summed E-state index contributed by atoms with van der Waals surface area (Å²) in [6, 6.07) is 0. The van der Waals surface area contributed by atoms with Crippen LogP contribution in [0.1, 0.15) is 54.4 Å². The molecule has 0 rings (SSSR count). The zero-order valence-electron chi connectivity index (χ0n) is 9.87. The Kier molecular flexibility index (Phi) is 3.95. The molecule has 0 heterocycles. The maximum absolute atomic E-state index is 14.5. The first-order valence-electron chi connectivity index (χ1n) is 5.04. The Bertz CT molecular complexity index is 165. The standard InChI is InChI=1S/C11H24FP/c1-7-8-10(5,6)11(12,13)9(2,3)4/h7-8,13H2,1-6H3. The SMILES string of the molecule is CCCC(C)(C)C(F)(P)C(C)(C)C. The van der Waals surface area contributed by atoms with E-state index in [1.165, 1.54) is 0 Å². The van der Waals surface area contributed by atoms with Crippen molar-refractivity contribution in [2.45, 2.75) is 59.8 Å². The van der Waals surface area contributed by atoms with Crippen molar-refractivity contribution in [2.24, 2.45) is 10.8 Å². The molecule has 0 radical (unpaired) electrons. The average molecular weight is 206 g/mol. The third-order valence-corrected chi connectivity index (χ3v) is 4.60. The molecular weight excluding hydrogens is 182 g/mol. The summed E-state index contributed by atoms with van der Waals surface area (Å²) in [5.74, 6) is 0. The van der Waals surface area contributed by atoms with Gasteiger partial charge in [0.15, 0.2) is 0 Å². The molecule has 0 amide bonds. The fourth-order valence-corrected chi connectivity index (χ4v) is 1.97. The van der Waals surface area contributed by atoms with E-state index >= 15 is 0 Å². The highest BCUT2D eigenvalue weighted by molar-refractivity contribution is 7.18. The molecule has 0 saturated carbocycles. The van der Waals surface area contributed by atoms with Crippen molar-refractivity contribution in [3.8, 4) is 0 Å². The fourth-order valence-electron chi connectivity index (χ4n) is 1.82. The van der Waals surface area contributed by atoms with E-state index in [9.17, 15) is 4.39 Å². The second-order valence-electron chi connectivity index (χ2n) is 5.60. The van der Waals surface area contributed by atoms with Crippen LogP contribution >= 0.6 is 9.24 Å². The molecule has 0 nitrogen and oxygen atoms in total. The molecule has 0 fully saturated rings. The number of hydrogen-bond donors (Lipinski definition) is 0. The highest BCUT2D eigenvalue weighted by atomic mass is 31.0. The van der Waals surface area contributed by atoms with Gasteiger partial charge in [-0.1, -0.05) is 57.2 Å². The van der Waals surface area contributed by atoms with Crippen molar-refractivity contribution < 1.29 is 4.39 Å². The molecule has 0 aromatic carbocycles. The molecular formula is C11H24FP. The van der Waals surface area contributed by atoms with Crippen LogP contribution in [0, 0.1) is 10.8 Å². The van der Waals surface area contributed by atoms with Crippen LogP contribution in [-0.4, -0.2) is 5.41 Å². The summed E-state index contributed by atoms with van der Waals surface area (Å²) >= 11 is 0. The van der Waals surface area contributed by atoms with E-state index in [-0.39, 0.29) is 10.8 Å². The molecule has 0 bridgehead atoms. The quantitative estimate of drug-likeness (QED) is 0.600. The molecule has 13 heavy (non-hydrogen) atoms. The first-order valence-corrected chi connectivity index (χ1v) is 5.62. The van der Waals surface area contributed by atoms with E-state index in [0.29, 0.717) is 0 Å². The summed E-state index contributed by atoms with van der Waals surface area (Å²) in [6.45, 7) is 12.0. The average Bonchev–Trinajstić information content (AvgIpc) is 1.84. The monoisotopic (exact) mass is 206 g/mol. The van der Waals surface area contributed by atoms with Gasteiger partial charge in [-0.15, -0.1) is 0 Å². The van der Waals surface area contributed by atoms with Crippen LogP contribution in [-0.2, 0) is 0 Å². The van der Waals surface area contributed by atoms with E-state index in [1.807, 2.05) is 34.6 Å². The molecule has 0 aliphatic heterocycles. The summed E-state index contributed by atoms with van der Waals surface area (Å²) in [5, 5.41) is -1.20. The van der Waals surface area contributed by atoms with Crippen molar-refractivity contribution in [1.82, 2.24) is 0 Å². The number of hydrogen-bond acceptors (Lipinski definition) is 0. The van der Waals surface area contributed by atoms with E-state index in [0.717, 1.165) is 12.8 Å². The molecule has 80 valence electrons. The van der Waals surface area contributed by atoms with Crippen LogP contribution in [0.5, 0.6) is 0 Å². The predicted octanol–water partition coefficient (Wildman–Crippen LogP) is 4.40. The van der Waals surface area contributed by atoms with Gasteiger partial charge in [-0.05, 0) is 11.8 Å². The fraction of sp³-hybridized carbons (Fsp3) is 1.00. The van der Waals surface area contributed by atoms with E-state index in [4.69, 9.17) is 0 Å². The minimum absolute atomic E-state index is 0.273. The van der Waals surface area contributed by atoms with Gasteiger partial charge in [0.25, 0.3) is 0 Å². The van der Waals surface area contributed by atoms with E-state index in [1.54, 1.807) is 0 Å². The normalized spacial score (nSPS) is 18.5. The summed E-state index contributed by atoms with van der Waals surface area (Å²) < 4.78 is 14.5. The largest absolute Gasteiger partial charge is 0.238 e. The van der Waals surface area contributed by atoms with Gasteiger partial charge in [-0.25, -0.2) is 4.39 Å². The lowest BCUT2D eigenvalue weighted by Crippen LogP contribution is -2.45. The topological polar surface area (TPSA) is 0 Å². The third kappa shape index (κ3) is 2.65. The van der Waals surface area contributed by atoms with Gasteiger partial charge in [0.1, 0.15) is 5.41 Å². The van der Waals surface area contributed by atoms with Gasteiger partial charge >= 0.3 is 0 Å². The minimum atomic E-state index is -1.20. The van der Waals surface area contributed by atoms with Crippen molar-refractivity contribution in [3.63, 3.8) is 0 Å². The van der Waals surface area contributed by atoms with Crippen LogP contribution < -0.4 is 0 Å². The van der Waals surface area contributed by atoms with Gasteiger partial charge in [0.2, 0.25) is 0 Å². The Hall–Kier alpha value is 0.360. The van der Waals surface area contributed by atoms with Gasteiger partial charge < -0.3 is 0 Å². The van der Waals surface area contributed by atoms with E-state index in [2.05, 4.69) is 16.2 Å². The molecule has 0 aliphatic carbocycles. The van der Waals surface area contributed by atoms with Crippen molar-refractivity contribution in [2.75, 3.05) is 0 Å². The highest BCUT2D eigenvalue weighted by Gasteiger charge is 2.49. The zero-order chi connectivity index (χ0) is 10.9. The summed E-state index contributed by atoms with van der Waals surface area (Å²) in [7, 11) is 2.41. The van der Waals surface area contributed by atoms with Crippen LogP contribution in [0.2, 0.25) is 0 Å². The van der Waals surface area contributed by atoms with Gasteiger partial charge in [0.05, 0.1) is 0 Å². The minimum Gasteiger partial charge on any atom is -0.238 e. The summed E-state index contributed by atoms with van der Waals surface area (Å²) in [4.78, 5) is 0. The second-order valence-corrected chi connectivity index (χ2v) is 6.39. The Balaban J connectivity index is 4.81. The van der Waals surface area contributed by atoms with Gasteiger partial charge in [-0.2, -0.15) is 0 Å². The zero-order valence-corrected chi connectivity index (χ0v) is 11.0. The Labute approximate surface area is 84.9 Å². The molecule has 2 atom stereocenters. The summed E-state index contributed by atoms with van der Waals surface area (Å²) in [5.41, 5.74) is -0.596. The lowest BCUT2D eigenvalue weighted by molar-refractivity contribution is 0.000620. The Morgan fingerprint density at radius 2 is 1.46 bits per heavy atom. The molecule has 0 spiro atoms. The number of alkyl halides is 1. The van der Waals surface area contributed by atoms with Crippen LogP contribution in [0.4, 0.5) is 4.39 Å². The van der Waals surface area contributed by atoms with E-state index < -0.39 is 5.41 Å². The number of rotatable bonds is 3. The molecule has 2 unspecified atom stereocenters. The van der Waals surface area contributed by atoms with Gasteiger partial charge in [0, 0.05) is 5.41 Å². The first kappa shape index (κ1) is 13.4. The molecule has 2 heteroatoms. The molecule has 0 aromatic rings. The summed E-state index contributed by atoms with van der Waals surface area (Å²) in [6.07, 6.45) is 1.95. The third-order valence-electron chi connectivity index (χ3n) is 2.95. The Morgan fingerprint density at radius 1 is 1.08 bits per heavy atom. The lowest BCUT2D eigenvalue weighted by atomic mass is 9.71. The number of halogens is 1. The Morgan fingerprint density at radius 3 is 1.69 bits per heavy atom. The predicted molar refractivity (Wildman–Crippen MR) is 61.7 cm³/mol. The second kappa shape index (κ2) is 3.85. The molecule has 0 saturated heterocycles. The molecule has 0 aromatic heterocycles. The highest BCUT2D eigenvalue weighted by Crippen LogP contribution is 2.53. The van der Waals surface area contributed by atoms with Crippen molar-refractivity contribution in [1.29, 1.82) is 0 Å². The lowest BCUT2D eigenvalue weighted by Gasteiger charge is -2.46. The smallest absolute Gasteiger partial charge is 0.133 e. The van der Waals surface area contributed by atoms with Crippen LogP contribution in [0.15, 0.2) is 0 Å². The maximum atomic E-state index is 14.5. The van der Waals surface area contributed by atoms with Crippen molar-refractivity contribution in [3.05, 3.63) is 0 Å². The molecule has 0 aliphatic rings. The maximum Gasteiger partial charge on any atom is 0.133 e. The van der Waals surface area contributed by atoms with Crippen LogP contribution in [0.3, 0.4) is 0 Å². The molecule has 0 N–H and O–H groups in total. The van der Waals surface area contributed by atoms with Crippen molar-refractivity contribution >= 4 is 9.24 Å². The van der Waals surface area contributed by atoms with Crippen LogP contribution in [0.25, 0.3) is 0 Å². The van der Waals surface area contributed by atoms with Gasteiger partial charge in [-0.3, -0.25) is 0 Å².